The molecule has 0 bridgehead atoms. The molecule has 10 heteroatoms. The van der Waals surface area contributed by atoms with Gasteiger partial charge in [-0.3, -0.25) is 9.58 Å². The number of anilines is 1. The van der Waals surface area contributed by atoms with Crippen LogP contribution in [0.2, 0.25) is 0 Å². The summed E-state index contributed by atoms with van der Waals surface area (Å²) in [6.07, 6.45) is 7.79. The van der Waals surface area contributed by atoms with Crippen LogP contribution in [0.25, 0.3) is 11.2 Å². The Labute approximate surface area is 181 Å². The third kappa shape index (κ3) is 4.71. The molecule has 1 saturated heterocycles. The molecule has 2 aliphatic rings. The van der Waals surface area contributed by atoms with Crippen molar-refractivity contribution >= 4 is 23.1 Å². The van der Waals surface area contributed by atoms with Crippen LogP contribution < -0.4 is 10.4 Å². The van der Waals surface area contributed by atoms with Crippen molar-refractivity contribution in [1.82, 2.24) is 24.9 Å². The summed E-state index contributed by atoms with van der Waals surface area (Å²) in [6, 6.07) is 2.08. The van der Waals surface area contributed by atoms with Crippen LogP contribution in [-0.4, -0.2) is 43.9 Å². The summed E-state index contributed by atoms with van der Waals surface area (Å²) in [5.74, 6) is 0.433. The summed E-state index contributed by atoms with van der Waals surface area (Å²) < 4.78 is 13.2. The van der Waals surface area contributed by atoms with Crippen molar-refractivity contribution in [2.45, 2.75) is 83.6 Å². The summed E-state index contributed by atoms with van der Waals surface area (Å²) in [7, 11) is 0. The van der Waals surface area contributed by atoms with Crippen LogP contribution in [-0.2, 0) is 9.47 Å². The molecule has 2 fully saturated rings. The van der Waals surface area contributed by atoms with Crippen molar-refractivity contribution < 1.29 is 14.3 Å². The predicted molar refractivity (Wildman–Crippen MR) is 113 cm³/mol. The van der Waals surface area contributed by atoms with Gasteiger partial charge in [-0.2, -0.15) is 15.2 Å². The summed E-state index contributed by atoms with van der Waals surface area (Å²) in [5, 5.41) is 11.3. The number of aromatic nitrogens is 4. The number of fused-ring (bicyclic) bond motifs is 1. The van der Waals surface area contributed by atoms with E-state index in [0.717, 1.165) is 44.9 Å². The lowest BCUT2D eigenvalue weighted by atomic mass is 10.2. The van der Waals surface area contributed by atoms with Crippen molar-refractivity contribution in [2.24, 2.45) is 0 Å². The lowest BCUT2D eigenvalue weighted by molar-refractivity contribution is -0.0298. The normalized spacial score (nSPS) is 19.9. The topological polar surface area (TPSA) is 118 Å². The van der Waals surface area contributed by atoms with E-state index in [9.17, 15) is 10.1 Å². The van der Waals surface area contributed by atoms with Crippen LogP contribution in [0.15, 0.2) is 6.33 Å². The molecule has 2 aromatic rings. The predicted octanol–water partition coefficient (Wildman–Crippen LogP) is 3.59. The SMILES string of the molecule is CC(C)(C)OC(=O)NN(c1nc(C#N)nc2c1ncn2C1CCCCO1)C1CCCC1. The Morgan fingerprint density at radius 3 is 2.65 bits per heavy atom. The molecule has 0 spiro atoms. The van der Waals surface area contributed by atoms with Crippen LogP contribution >= 0.6 is 0 Å². The highest BCUT2D eigenvalue weighted by atomic mass is 16.6. The van der Waals surface area contributed by atoms with E-state index in [4.69, 9.17) is 9.47 Å². The van der Waals surface area contributed by atoms with E-state index in [0.29, 0.717) is 23.6 Å². The number of rotatable bonds is 4. The highest BCUT2D eigenvalue weighted by Crippen LogP contribution is 2.32. The average molecular weight is 428 g/mol. The zero-order valence-electron chi connectivity index (χ0n) is 18.3. The largest absolute Gasteiger partial charge is 0.443 e. The van der Waals surface area contributed by atoms with Crippen molar-refractivity contribution in [3.63, 3.8) is 0 Å². The molecule has 166 valence electrons. The molecule has 1 amide bonds. The van der Waals surface area contributed by atoms with E-state index >= 15 is 0 Å². The molecule has 1 saturated carbocycles. The highest BCUT2D eigenvalue weighted by molar-refractivity contribution is 5.85. The number of carbonyl (C=O) groups excluding carboxylic acids is 1. The van der Waals surface area contributed by atoms with E-state index in [-0.39, 0.29) is 18.1 Å². The molecule has 0 aromatic carbocycles. The molecular formula is C21H29N7O3. The smallest absolute Gasteiger partial charge is 0.426 e. The quantitative estimate of drug-likeness (QED) is 0.736. The first kappa shape index (κ1) is 21.3. The van der Waals surface area contributed by atoms with Gasteiger partial charge in [0.25, 0.3) is 0 Å². The fourth-order valence-electron chi connectivity index (χ4n) is 4.15. The summed E-state index contributed by atoms with van der Waals surface area (Å²) >= 11 is 0. The zero-order chi connectivity index (χ0) is 22.0. The Morgan fingerprint density at radius 2 is 2.00 bits per heavy atom. The number of hydrazine groups is 1. The number of ether oxygens (including phenoxy) is 2. The van der Waals surface area contributed by atoms with Gasteiger partial charge in [0.05, 0.1) is 12.4 Å². The summed E-state index contributed by atoms with van der Waals surface area (Å²) in [6.45, 7) is 6.13. The second-order valence-corrected chi connectivity index (χ2v) is 9.05. The lowest BCUT2D eigenvalue weighted by Gasteiger charge is -2.31. The van der Waals surface area contributed by atoms with E-state index in [1.54, 1.807) is 11.3 Å². The van der Waals surface area contributed by atoms with Crippen LogP contribution in [0.3, 0.4) is 0 Å². The number of nitriles is 1. The number of hydrogen-bond acceptors (Lipinski definition) is 8. The van der Waals surface area contributed by atoms with E-state index in [1.807, 2.05) is 31.4 Å². The Kier molecular flexibility index (Phi) is 5.96. The van der Waals surface area contributed by atoms with Gasteiger partial charge < -0.3 is 9.47 Å². The fraction of sp³-hybridized carbons (Fsp3) is 0.667. The Morgan fingerprint density at radius 1 is 1.26 bits per heavy atom. The second kappa shape index (κ2) is 8.67. The van der Waals surface area contributed by atoms with Gasteiger partial charge in [-0.1, -0.05) is 12.8 Å². The molecule has 3 heterocycles. The molecule has 0 radical (unpaired) electrons. The number of imidazole rings is 1. The zero-order valence-corrected chi connectivity index (χ0v) is 18.3. The van der Waals surface area contributed by atoms with Crippen molar-refractivity contribution in [3.8, 4) is 6.07 Å². The Hall–Kier alpha value is -2.93. The number of carbonyl (C=O) groups is 1. The minimum absolute atomic E-state index is 0.0223. The van der Waals surface area contributed by atoms with Gasteiger partial charge in [0.1, 0.15) is 17.9 Å². The molecule has 1 unspecified atom stereocenters. The average Bonchev–Trinajstić information content (AvgIpc) is 3.40. The molecule has 10 nitrogen and oxygen atoms in total. The van der Waals surface area contributed by atoms with E-state index in [2.05, 4.69) is 20.4 Å². The Balaban J connectivity index is 1.75. The third-order valence-electron chi connectivity index (χ3n) is 5.50. The molecule has 4 rings (SSSR count). The Bertz CT molecular complexity index is 979. The van der Waals surface area contributed by atoms with Gasteiger partial charge in [0.2, 0.25) is 5.82 Å². The van der Waals surface area contributed by atoms with Crippen LogP contribution in [0.1, 0.15) is 77.8 Å². The van der Waals surface area contributed by atoms with Gasteiger partial charge in [-0.25, -0.2) is 15.2 Å². The van der Waals surface area contributed by atoms with Gasteiger partial charge >= 0.3 is 6.09 Å². The molecule has 31 heavy (non-hydrogen) atoms. The van der Waals surface area contributed by atoms with Gasteiger partial charge in [0, 0.05) is 6.61 Å². The van der Waals surface area contributed by atoms with E-state index in [1.165, 1.54) is 0 Å². The van der Waals surface area contributed by atoms with Crippen LogP contribution in [0.4, 0.5) is 10.6 Å². The molecule has 1 N–H and O–H groups in total. The van der Waals surface area contributed by atoms with Crippen molar-refractivity contribution in [2.75, 3.05) is 11.6 Å². The number of nitrogens with zero attached hydrogens (tertiary/aromatic N) is 6. The molecule has 1 atom stereocenters. The molecule has 1 aliphatic carbocycles. The maximum atomic E-state index is 12.6. The monoisotopic (exact) mass is 427 g/mol. The highest BCUT2D eigenvalue weighted by Gasteiger charge is 2.31. The van der Waals surface area contributed by atoms with Gasteiger partial charge in [0.15, 0.2) is 17.0 Å². The fourth-order valence-corrected chi connectivity index (χ4v) is 4.15. The maximum absolute atomic E-state index is 12.6. The molecule has 1 aliphatic heterocycles. The number of nitrogens with one attached hydrogen (secondary N) is 1. The van der Waals surface area contributed by atoms with Gasteiger partial charge in [-0.15, -0.1) is 0 Å². The van der Waals surface area contributed by atoms with Crippen molar-refractivity contribution in [1.29, 1.82) is 5.26 Å². The third-order valence-corrected chi connectivity index (χ3v) is 5.50. The summed E-state index contributed by atoms with van der Waals surface area (Å²) in [4.78, 5) is 26.0. The first-order valence-electron chi connectivity index (χ1n) is 10.9. The molecular weight excluding hydrogens is 398 g/mol. The second-order valence-electron chi connectivity index (χ2n) is 9.05. The molecule has 2 aromatic heterocycles. The maximum Gasteiger partial charge on any atom is 0.426 e. The minimum atomic E-state index is -0.635. The first-order chi connectivity index (χ1) is 14.9. The van der Waals surface area contributed by atoms with E-state index < -0.39 is 11.7 Å². The standard InChI is InChI=1S/C21H29N7O3/c1-21(2,3)31-20(29)26-28(14-8-4-5-9-14)19-17-18(24-15(12-22)25-19)27(13-23-17)16-10-6-7-11-30-16/h13-14,16H,4-11H2,1-3H3,(H,26,29). The van der Waals surface area contributed by atoms with Gasteiger partial charge in [-0.05, 0) is 52.9 Å². The first-order valence-corrected chi connectivity index (χ1v) is 10.9. The summed E-state index contributed by atoms with van der Waals surface area (Å²) in [5.41, 5.74) is 3.28. The van der Waals surface area contributed by atoms with Crippen molar-refractivity contribution in [3.05, 3.63) is 12.2 Å². The number of amides is 1. The minimum Gasteiger partial charge on any atom is -0.443 e. The van der Waals surface area contributed by atoms with Crippen LogP contribution in [0.5, 0.6) is 0 Å². The lowest BCUT2D eigenvalue weighted by Crippen LogP contribution is -2.50. The van der Waals surface area contributed by atoms with Crippen LogP contribution in [0, 0.1) is 11.3 Å². The number of hydrogen-bond donors (Lipinski definition) is 1.